The molecule has 4 heterocycles. The molecular formula is C31H33ClN4O6. The number of aromatic nitrogens is 3. The van der Waals surface area contributed by atoms with E-state index in [2.05, 4.69) is 16.0 Å². The van der Waals surface area contributed by atoms with E-state index in [1.165, 1.54) is 6.07 Å². The molecule has 0 bridgehead atoms. The Balaban J connectivity index is 1.16. The normalized spacial score (nSPS) is 19.0. The number of pyridine rings is 1. The molecule has 11 heteroatoms. The maximum atomic E-state index is 11.8. The summed E-state index contributed by atoms with van der Waals surface area (Å²) >= 11 is 6.03. The molecule has 0 spiro atoms. The molecule has 0 saturated carbocycles. The summed E-state index contributed by atoms with van der Waals surface area (Å²) in [5.41, 5.74) is 3.34. The number of carboxylic acid groups (broad SMARTS) is 1. The third-order valence-corrected chi connectivity index (χ3v) is 8.26. The van der Waals surface area contributed by atoms with E-state index in [1.807, 2.05) is 36.7 Å². The zero-order valence-electron chi connectivity index (χ0n) is 23.8. The van der Waals surface area contributed by atoms with Crippen molar-refractivity contribution in [2.75, 3.05) is 33.4 Å². The van der Waals surface area contributed by atoms with Crippen LogP contribution >= 0.6 is 11.6 Å². The van der Waals surface area contributed by atoms with Crippen molar-refractivity contribution in [1.82, 2.24) is 19.4 Å². The second-order valence-electron chi connectivity index (χ2n) is 10.8. The minimum Gasteiger partial charge on any atom is -0.489 e. The largest absolute Gasteiger partial charge is 0.489 e. The average Bonchev–Trinajstić information content (AvgIpc) is 3.50. The predicted octanol–water partition coefficient (Wildman–Crippen LogP) is 5.37. The summed E-state index contributed by atoms with van der Waals surface area (Å²) < 4.78 is 25.6. The van der Waals surface area contributed by atoms with Gasteiger partial charge in [-0.2, -0.15) is 0 Å². The van der Waals surface area contributed by atoms with E-state index in [-0.39, 0.29) is 5.56 Å². The molecule has 4 aromatic rings. The van der Waals surface area contributed by atoms with E-state index in [0.29, 0.717) is 47.7 Å². The van der Waals surface area contributed by atoms with Crippen molar-refractivity contribution in [3.8, 4) is 17.2 Å². The molecule has 0 unspecified atom stereocenters. The van der Waals surface area contributed by atoms with Gasteiger partial charge in [0.2, 0.25) is 0 Å². The number of imidazole rings is 1. The summed E-state index contributed by atoms with van der Waals surface area (Å²) in [6.07, 6.45) is 3.50. The van der Waals surface area contributed by atoms with Gasteiger partial charge in [-0.05, 0) is 62.2 Å². The molecule has 2 aromatic carbocycles. The highest BCUT2D eigenvalue weighted by Crippen LogP contribution is 2.49. The molecule has 2 aromatic heterocycles. The molecule has 1 fully saturated rings. The number of hydrogen-bond donors (Lipinski definition) is 1. The molecule has 0 radical (unpaired) electrons. The van der Waals surface area contributed by atoms with E-state index in [4.69, 9.17) is 35.5 Å². The number of hydrogen-bond acceptors (Lipinski definition) is 8. The van der Waals surface area contributed by atoms with E-state index in [0.717, 1.165) is 54.3 Å². The first-order valence-corrected chi connectivity index (χ1v) is 14.3. The summed E-state index contributed by atoms with van der Waals surface area (Å²) in [6.45, 7) is 4.98. The van der Waals surface area contributed by atoms with Crippen LogP contribution < -0.4 is 14.2 Å². The molecule has 0 aliphatic carbocycles. The number of para-hydroxylation sites is 1. The van der Waals surface area contributed by atoms with Gasteiger partial charge in [0.25, 0.3) is 5.79 Å². The quantitative estimate of drug-likeness (QED) is 0.257. The minimum atomic E-state index is -1.02. The number of ether oxygens (including phenoxy) is 4. The summed E-state index contributed by atoms with van der Waals surface area (Å²) in [7, 11) is 3.51. The van der Waals surface area contributed by atoms with Crippen LogP contribution in [-0.2, 0) is 24.1 Å². The van der Waals surface area contributed by atoms with Gasteiger partial charge in [-0.25, -0.2) is 9.78 Å². The first-order valence-electron chi connectivity index (χ1n) is 14.0. The van der Waals surface area contributed by atoms with Crippen molar-refractivity contribution < 1.29 is 28.8 Å². The lowest BCUT2D eigenvalue weighted by atomic mass is 9.88. The maximum absolute atomic E-state index is 11.8. The maximum Gasteiger partial charge on any atom is 0.335 e. The first-order chi connectivity index (χ1) is 20.3. The molecule has 10 nitrogen and oxygen atoms in total. The lowest BCUT2D eigenvalue weighted by Gasteiger charge is -2.32. The van der Waals surface area contributed by atoms with E-state index in [9.17, 15) is 9.90 Å². The molecule has 1 N–H and O–H groups in total. The zero-order valence-corrected chi connectivity index (χ0v) is 24.6. The van der Waals surface area contributed by atoms with Crippen LogP contribution in [0.3, 0.4) is 0 Å². The van der Waals surface area contributed by atoms with Gasteiger partial charge in [-0.3, -0.25) is 9.88 Å². The monoisotopic (exact) mass is 592 g/mol. The number of nitrogens with zero attached hydrogens (tertiary/aromatic N) is 4. The Labute approximate surface area is 248 Å². The highest BCUT2D eigenvalue weighted by atomic mass is 35.5. The standard InChI is InChI=1S/C31H33ClN4O6/c1-31(26-8-7-21(32)17-33-26)41-24-6-4-5-22(29(24)42-31)19-9-11-36(12-10-19)18-27-34-28-23(35(27)2)15-20(30(37)38)16-25(28)40-14-13-39-3/h4-8,15-17,19H,9-14,18H2,1-3H3,(H,37,38)/t31-/m0/s1. The van der Waals surface area contributed by atoms with E-state index < -0.39 is 11.8 Å². The van der Waals surface area contributed by atoms with E-state index >= 15 is 0 Å². The van der Waals surface area contributed by atoms with Crippen LogP contribution in [0.1, 0.15) is 53.1 Å². The number of piperidine rings is 1. The molecule has 220 valence electrons. The Bertz CT molecular complexity index is 1620. The lowest BCUT2D eigenvalue weighted by molar-refractivity contribution is -0.0722. The number of carbonyl (C=O) groups is 1. The number of carboxylic acids is 1. The molecule has 1 atom stereocenters. The average molecular weight is 593 g/mol. The fourth-order valence-electron chi connectivity index (χ4n) is 5.73. The topological polar surface area (TPSA) is 108 Å². The second-order valence-corrected chi connectivity index (χ2v) is 11.2. The highest BCUT2D eigenvalue weighted by Gasteiger charge is 2.42. The highest BCUT2D eigenvalue weighted by molar-refractivity contribution is 6.30. The van der Waals surface area contributed by atoms with Crippen molar-refractivity contribution in [1.29, 1.82) is 0 Å². The smallest absolute Gasteiger partial charge is 0.335 e. The van der Waals surface area contributed by atoms with Crippen LogP contribution in [0.15, 0.2) is 48.7 Å². The third kappa shape index (κ3) is 5.37. The van der Waals surface area contributed by atoms with Crippen molar-refractivity contribution in [3.05, 3.63) is 76.3 Å². The van der Waals surface area contributed by atoms with Crippen LogP contribution in [-0.4, -0.2) is 63.9 Å². The van der Waals surface area contributed by atoms with Crippen LogP contribution in [0.25, 0.3) is 11.0 Å². The molecule has 6 rings (SSSR count). The summed E-state index contributed by atoms with van der Waals surface area (Å²) in [4.78, 5) is 23.4. The van der Waals surface area contributed by atoms with Gasteiger partial charge in [0, 0.05) is 32.8 Å². The number of benzene rings is 2. The van der Waals surface area contributed by atoms with Crippen molar-refractivity contribution in [2.45, 2.75) is 38.0 Å². The van der Waals surface area contributed by atoms with Gasteiger partial charge < -0.3 is 28.6 Å². The Kier molecular flexibility index (Phi) is 7.69. The minimum absolute atomic E-state index is 0.162. The van der Waals surface area contributed by atoms with Gasteiger partial charge in [0.1, 0.15) is 29.4 Å². The SMILES string of the molecule is COCCOc1cc(C(=O)O)cc2c1nc(CN1CCC(c3cccc4c3O[C@@](C)(c3ccc(Cl)cn3)O4)CC1)n2C. The number of likely N-dealkylation sites (tertiary alicyclic amines) is 1. The van der Waals surface area contributed by atoms with Gasteiger partial charge in [-0.15, -0.1) is 0 Å². The summed E-state index contributed by atoms with van der Waals surface area (Å²) in [6, 6.07) is 12.9. The second kappa shape index (κ2) is 11.4. The molecular weight excluding hydrogens is 560 g/mol. The van der Waals surface area contributed by atoms with E-state index in [1.54, 1.807) is 25.4 Å². The fraction of sp³-hybridized carbons (Fsp3) is 0.387. The summed E-state index contributed by atoms with van der Waals surface area (Å²) in [5.74, 6) is 1.09. The van der Waals surface area contributed by atoms with Crippen molar-refractivity contribution in [2.24, 2.45) is 7.05 Å². The number of fused-ring (bicyclic) bond motifs is 2. The van der Waals surface area contributed by atoms with Gasteiger partial charge in [0.05, 0.1) is 29.3 Å². The molecule has 2 aliphatic rings. The Morgan fingerprint density at radius 3 is 2.69 bits per heavy atom. The first kappa shape index (κ1) is 28.3. The van der Waals surface area contributed by atoms with Gasteiger partial charge in [0.15, 0.2) is 11.5 Å². The number of aromatic carboxylic acids is 1. The third-order valence-electron chi connectivity index (χ3n) is 8.03. The van der Waals surface area contributed by atoms with Crippen LogP contribution in [0.4, 0.5) is 0 Å². The number of rotatable bonds is 9. The fourth-order valence-corrected chi connectivity index (χ4v) is 5.85. The Morgan fingerprint density at radius 2 is 1.98 bits per heavy atom. The Hall–Kier alpha value is -3.86. The Morgan fingerprint density at radius 1 is 1.17 bits per heavy atom. The van der Waals surface area contributed by atoms with Gasteiger partial charge in [-0.1, -0.05) is 23.7 Å². The predicted molar refractivity (Wildman–Crippen MR) is 157 cm³/mol. The number of methoxy groups -OCH3 is 1. The van der Waals surface area contributed by atoms with Crippen LogP contribution in [0.2, 0.25) is 5.02 Å². The molecule has 2 aliphatic heterocycles. The molecule has 42 heavy (non-hydrogen) atoms. The molecule has 0 amide bonds. The number of aryl methyl sites for hydroxylation is 1. The van der Waals surface area contributed by atoms with Crippen molar-refractivity contribution in [3.63, 3.8) is 0 Å². The number of halogens is 1. The van der Waals surface area contributed by atoms with Gasteiger partial charge >= 0.3 is 5.97 Å². The van der Waals surface area contributed by atoms with Crippen molar-refractivity contribution >= 4 is 28.6 Å². The van der Waals surface area contributed by atoms with Crippen LogP contribution in [0, 0.1) is 0 Å². The molecule has 1 saturated heterocycles. The summed E-state index contributed by atoms with van der Waals surface area (Å²) in [5, 5.41) is 10.2. The van der Waals surface area contributed by atoms with Crippen LogP contribution in [0.5, 0.6) is 17.2 Å². The lowest BCUT2D eigenvalue weighted by Crippen LogP contribution is -2.34. The zero-order chi connectivity index (χ0) is 29.4.